The number of amides is 1. The Labute approximate surface area is 148 Å². The SMILES string of the molecule is Cc1cc(C(=O)NCCCCC(=O)O)c(C)n1C(C)c1ccccc1. The van der Waals surface area contributed by atoms with Crippen LogP contribution in [0, 0.1) is 13.8 Å². The van der Waals surface area contributed by atoms with E-state index in [0.717, 1.165) is 11.4 Å². The molecule has 1 atom stereocenters. The van der Waals surface area contributed by atoms with Crippen molar-refractivity contribution < 1.29 is 14.7 Å². The third-order valence-electron chi connectivity index (χ3n) is 4.50. The van der Waals surface area contributed by atoms with Crippen LogP contribution < -0.4 is 5.32 Å². The van der Waals surface area contributed by atoms with E-state index in [9.17, 15) is 9.59 Å². The van der Waals surface area contributed by atoms with Crippen molar-refractivity contribution in [2.75, 3.05) is 6.54 Å². The molecule has 1 amide bonds. The summed E-state index contributed by atoms with van der Waals surface area (Å²) in [4.78, 5) is 22.9. The van der Waals surface area contributed by atoms with Gasteiger partial charge in [-0.15, -0.1) is 0 Å². The fourth-order valence-corrected chi connectivity index (χ4v) is 3.18. The molecule has 1 unspecified atom stereocenters. The van der Waals surface area contributed by atoms with E-state index in [2.05, 4.69) is 28.9 Å². The predicted molar refractivity (Wildman–Crippen MR) is 98.0 cm³/mol. The molecule has 0 fully saturated rings. The molecule has 5 heteroatoms. The van der Waals surface area contributed by atoms with Crippen molar-refractivity contribution in [2.45, 2.75) is 46.1 Å². The first-order valence-electron chi connectivity index (χ1n) is 8.65. The molecule has 134 valence electrons. The Kier molecular flexibility index (Phi) is 6.39. The molecule has 2 rings (SSSR count). The van der Waals surface area contributed by atoms with Gasteiger partial charge in [0.05, 0.1) is 11.6 Å². The number of rotatable bonds is 8. The van der Waals surface area contributed by atoms with Crippen LogP contribution in [0.3, 0.4) is 0 Å². The number of carbonyl (C=O) groups excluding carboxylic acids is 1. The van der Waals surface area contributed by atoms with Gasteiger partial charge in [0, 0.05) is 24.4 Å². The molecule has 0 aliphatic rings. The summed E-state index contributed by atoms with van der Waals surface area (Å²) < 4.78 is 2.18. The molecule has 1 heterocycles. The third-order valence-corrected chi connectivity index (χ3v) is 4.50. The minimum Gasteiger partial charge on any atom is -0.481 e. The molecule has 0 spiro atoms. The van der Waals surface area contributed by atoms with Gasteiger partial charge in [-0.2, -0.15) is 0 Å². The summed E-state index contributed by atoms with van der Waals surface area (Å²) in [6.07, 6.45) is 1.37. The maximum absolute atomic E-state index is 12.4. The van der Waals surface area contributed by atoms with Crippen molar-refractivity contribution in [3.8, 4) is 0 Å². The summed E-state index contributed by atoms with van der Waals surface area (Å²) in [5.41, 5.74) is 3.87. The topological polar surface area (TPSA) is 71.3 Å². The highest BCUT2D eigenvalue weighted by molar-refractivity contribution is 5.95. The molecule has 2 N–H and O–H groups in total. The lowest BCUT2D eigenvalue weighted by atomic mass is 10.1. The van der Waals surface area contributed by atoms with E-state index >= 15 is 0 Å². The number of hydrogen-bond donors (Lipinski definition) is 2. The maximum atomic E-state index is 12.4. The van der Waals surface area contributed by atoms with Gasteiger partial charge < -0.3 is 15.0 Å². The molecule has 2 aromatic rings. The summed E-state index contributed by atoms with van der Waals surface area (Å²) in [5.74, 6) is -0.903. The monoisotopic (exact) mass is 342 g/mol. The number of nitrogens with zero attached hydrogens (tertiary/aromatic N) is 1. The zero-order chi connectivity index (χ0) is 18.4. The number of hydrogen-bond acceptors (Lipinski definition) is 2. The number of carboxylic acid groups (broad SMARTS) is 1. The van der Waals surface area contributed by atoms with Crippen LogP contribution in [0.5, 0.6) is 0 Å². The lowest BCUT2D eigenvalue weighted by Crippen LogP contribution is -2.25. The Balaban J connectivity index is 2.05. The first kappa shape index (κ1) is 18.8. The van der Waals surface area contributed by atoms with Crippen LogP contribution in [0.2, 0.25) is 0 Å². The van der Waals surface area contributed by atoms with E-state index in [1.54, 1.807) is 0 Å². The van der Waals surface area contributed by atoms with E-state index in [1.807, 2.05) is 38.1 Å². The van der Waals surface area contributed by atoms with Gasteiger partial charge in [0.15, 0.2) is 0 Å². The van der Waals surface area contributed by atoms with Crippen LogP contribution in [0.25, 0.3) is 0 Å². The van der Waals surface area contributed by atoms with Crippen LogP contribution in [0.4, 0.5) is 0 Å². The lowest BCUT2D eigenvalue weighted by Gasteiger charge is -2.19. The Hall–Kier alpha value is -2.56. The van der Waals surface area contributed by atoms with E-state index in [-0.39, 0.29) is 18.4 Å². The number of aryl methyl sites for hydroxylation is 1. The summed E-state index contributed by atoms with van der Waals surface area (Å²) in [5, 5.41) is 11.5. The van der Waals surface area contributed by atoms with Crippen molar-refractivity contribution in [3.63, 3.8) is 0 Å². The second-order valence-corrected chi connectivity index (χ2v) is 6.35. The van der Waals surface area contributed by atoms with Gasteiger partial charge in [0.25, 0.3) is 5.91 Å². The molecule has 0 aliphatic carbocycles. The first-order valence-corrected chi connectivity index (χ1v) is 8.65. The Bertz CT molecular complexity index is 735. The molecule has 1 aromatic heterocycles. The summed E-state index contributed by atoms with van der Waals surface area (Å²) >= 11 is 0. The molecule has 0 saturated carbocycles. The van der Waals surface area contributed by atoms with Crippen LogP contribution >= 0.6 is 0 Å². The van der Waals surface area contributed by atoms with E-state index in [0.29, 0.717) is 24.9 Å². The first-order chi connectivity index (χ1) is 11.9. The van der Waals surface area contributed by atoms with Crippen molar-refractivity contribution >= 4 is 11.9 Å². The lowest BCUT2D eigenvalue weighted by molar-refractivity contribution is -0.137. The van der Waals surface area contributed by atoms with Crippen molar-refractivity contribution in [3.05, 3.63) is 58.9 Å². The minimum atomic E-state index is -0.801. The second kappa shape index (κ2) is 8.51. The normalized spacial score (nSPS) is 12.0. The molecule has 0 bridgehead atoms. The summed E-state index contributed by atoms with van der Waals surface area (Å²) in [6.45, 7) is 6.59. The zero-order valence-corrected chi connectivity index (χ0v) is 15.1. The molecule has 5 nitrogen and oxygen atoms in total. The Morgan fingerprint density at radius 1 is 1.16 bits per heavy atom. The minimum absolute atomic E-state index is 0.102. The highest BCUT2D eigenvalue weighted by atomic mass is 16.4. The summed E-state index contributed by atoms with van der Waals surface area (Å²) in [6, 6.07) is 12.3. The average molecular weight is 342 g/mol. The number of aliphatic carboxylic acids is 1. The maximum Gasteiger partial charge on any atom is 0.303 e. The number of nitrogens with one attached hydrogen (secondary N) is 1. The molecule has 25 heavy (non-hydrogen) atoms. The molecule has 0 saturated heterocycles. The van der Waals surface area contributed by atoms with Gasteiger partial charge in [-0.25, -0.2) is 0 Å². The van der Waals surface area contributed by atoms with Crippen LogP contribution in [-0.2, 0) is 4.79 Å². The molecular weight excluding hydrogens is 316 g/mol. The third kappa shape index (κ3) is 4.72. The number of unbranched alkanes of at least 4 members (excludes halogenated alkanes) is 1. The molecule has 0 radical (unpaired) electrons. The van der Waals surface area contributed by atoms with E-state index in [4.69, 9.17) is 5.11 Å². The van der Waals surface area contributed by atoms with Crippen molar-refractivity contribution in [1.29, 1.82) is 0 Å². The molecular formula is C20H26N2O3. The van der Waals surface area contributed by atoms with Crippen LogP contribution in [0.1, 0.15) is 59.5 Å². The number of aromatic nitrogens is 1. The fraction of sp³-hybridized carbons (Fsp3) is 0.400. The number of benzene rings is 1. The fourth-order valence-electron chi connectivity index (χ4n) is 3.18. The number of carboxylic acids is 1. The Morgan fingerprint density at radius 2 is 1.84 bits per heavy atom. The standard InChI is InChI=1S/C20H26N2O3/c1-14-13-18(20(25)21-12-8-7-11-19(23)24)16(3)22(14)15(2)17-9-5-4-6-10-17/h4-6,9-10,13,15H,7-8,11-12H2,1-3H3,(H,21,25)(H,23,24). The van der Waals surface area contributed by atoms with Gasteiger partial charge in [0.2, 0.25) is 0 Å². The average Bonchev–Trinajstić information content (AvgIpc) is 2.89. The number of carbonyl (C=O) groups is 2. The smallest absolute Gasteiger partial charge is 0.303 e. The largest absolute Gasteiger partial charge is 0.481 e. The van der Waals surface area contributed by atoms with Crippen molar-refractivity contribution in [1.82, 2.24) is 9.88 Å². The van der Waals surface area contributed by atoms with Crippen molar-refractivity contribution in [2.24, 2.45) is 0 Å². The van der Waals surface area contributed by atoms with Gasteiger partial charge in [-0.1, -0.05) is 30.3 Å². The second-order valence-electron chi connectivity index (χ2n) is 6.35. The van der Waals surface area contributed by atoms with Crippen LogP contribution in [-0.4, -0.2) is 28.1 Å². The van der Waals surface area contributed by atoms with Gasteiger partial charge >= 0.3 is 5.97 Å². The van der Waals surface area contributed by atoms with E-state index in [1.165, 1.54) is 5.56 Å². The zero-order valence-electron chi connectivity index (χ0n) is 15.1. The molecule has 0 aliphatic heterocycles. The van der Waals surface area contributed by atoms with Crippen LogP contribution in [0.15, 0.2) is 36.4 Å². The van der Waals surface area contributed by atoms with Gasteiger partial charge in [0.1, 0.15) is 0 Å². The van der Waals surface area contributed by atoms with Gasteiger partial charge in [-0.3, -0.25) is 9.59 Å². The highest BCUT2D eigenvalue weighted by Gasteiger charge is 2.19. The van der Waals surface area contributed by atoms with Gasteiger partial charge in [-0.05, 0) is 45.2 Å². The summed E-state index contributed by atoms with van der Waals surface area (Å²) in [7, 11) is 0. The molecule has 1 aromatic carbocycles. The predicted octanol–water partition coefficient (Wildman–Crippen LogP) is 3.70. The van der Waals surface area contributed by atoms with E-state index < -0.39 is 5.97 Å². The Morgan fingerprint density at radius 3 is 2.48 bits per heavy atom. The highest BCUT2D eigenvalue weighted by Crippen LogP contribution is 2.25. The quantitative estimate of drug-likeness (QED) is 0.719.